The molecule has 0 unspecified atom stereocenters. The largest absolute Gasteiger partial charge is 0.492 e. The molecule has 160 valence electrons. The highest BCUT2D eigenvalue weighted by Gasteiger charge is 2.11. The van der Waals surface area contributed by atoms with Crippen LogP contribution in [0.4, 0.5) is 11.4 Å². The van der Waals surface area contributed by atoms with Crippen molar-refractivity contribution in [2.75, 3.05) is 17.2 Å². The van der Waals surface area contributed by atoms with Gasteiger partial charge in [-0.2, -0.15) is 0 Å². The second-order valence-corrected chi connectivity index (χ2v) is 8.33. The SMILES string of the molecule is CCC(=O)Nc1cccc(NC(=S)NC(=O)c2ccc(OCCC(C)C)c(Br)c2)c1. The van der Waals surface area contributed by atoms with Crippen LogP contribution in [-0.4, -0.2) is 23.5 Å². The zero-order valence-electron chi connectivity index (χ0n) is 17.3. The molecule has 0 heterocycles. The van der Waals surface area contributed by atoms with E-state index in [0.717, 1.165) is 6.42 Å². The molecular weight excluding hydrogens is 466 g/mol. The number of ether oxygens (including phenoxy) is 1. The van der Waals surface area contributed by atoms with Crippen molar-refractivity contribution in [3.05, 3.63) is 52.5 Å². The highest BCUT2D eigenvalue weighted by molar-refractivity contribution is 9.10. The number of thiocarbonyl (C=S) groups is 1. The van der Waals surface area contributed by atoms with Gasteiger partial charge < -0.3 is 15.4 Å². The molecule has 0 saturated carbocycles. The third-order valence-corrected chi connectivity index (χ3v) is 4.92. The van der Waals surface area contributed by atoms with E-state index in [1.54, 1.807) is 49.4 Å². The van der Waals surface area contributed by atoms with Crippen LogP contribution < -0.4 is 20.7 Å². The summed E-state index contributed by atoms with van der Waals surface area (Å²) in [6.45, 7) is 6.68. The predicted molar refractivity (Wildman–Crippen MR) is 128 cm³/mol. The molecule has 0 aliphatic carbocycles. The van der Waals surface area contributed by atoms with E-state index in [1.807, 2.05) is 0 Å². The number of carbonyl (C=O) groups excluding carboxylic acids is 2. The molecule has 0 atom stereocenters. The molecule has 0 aliphatic heterocycles. The summed E-state index contributed by atoms with van der Waals surface area (Å²) in [5.41, 5.74) is 1.76. The minimum Gasteiger partial charge on any atom is -0.492 e. The molecule has 6 nitrogen and oxygen atoms in total. The summed E-state index contributed by atoms with van der Waals surface area (Å²) in [5.74, 6) is 0.840. The molecule has 2 amide bonds. The molecule has 30 heavy (non-hydrogen) atoms. The molecular formula is C22H26BrN3O3S. The summed E-state index contributed by atoms with van der Waals surface area (Å²) < 4.78 is 6.45. The Balaban J connectivity index is 1.94. The maximum atomic E-state index is 12.5. The Morgan fingerprint density at radius 1 is 1.10 bits per heavy atom. The topological polar surface area (TPSA) is 79.5 Å². The van der Waals surface area contributed by atoms with Crippen LogP contribution in [0.5, 0.6) is 5.75 Å². The van der Waals surface area contributed by atoms with Crippen molar-refractivity contribution < 1.29 is 14.3 Å². The Labute approximate surface area is 190 Å². The highest BCUT2D eigenvalue weighted by atomic mass is 79.9. The smallest absolute Gasteiger partial charge is 0.257 e. The van der Waals surface area contributed by atoms with Gasteiger partial charge in [0.2, 0.25) is 5.91 Å². The van der Waals surface area contributed by atoms with Gasteiger partial charge in [-0.3, -0.25) is 14.9 Å². The van der Waals surface area contributed by atoms with Crippen LogP contribution in [0.3, 0.4) is 0 Å². The maximum absolute atomic E-state index is 12.5. The fourth-order valence-electron chi connectivity index (χ4n) is 2.43. The van der Waals surface area contributed by atoms with Gasteiger partial charge in [0.25, 0.3) is 5.91 Å². The number of amides is 2. The quantitative estimate of drug-likeness (QED) is 0.433. The van der Waals surface area contributed by atoms with Gasteiger partial charge in [-0.15, -0.1) is 0 Å². The molecule has 0 fully saturated rings. The van der Waals surface area contributed by atoms with Gasteiger partial charge in [-0.25, -0.2) is 0 Å². The lowest BCUT2D eigenvalue weighted by Gasteiger charge is -2.13. The van der Waals surface area contributed by atoms with E-state index in [0.29, 0.717) is 46.1 Å². The first-order valence-corrected chi connectivity index (χ1v) is 10.9. The Morgan fingerprint density at radius 2 is 1.80 bits per heavy atom. The molecule has 0 radical (unpaired) electrons. The van der Waals surface area contributed by atoms with Crippen LogP contribution in [0.25, 0.3) is 0 Å². The van der Waals surface area contributed by atoms with Gasteiger partial charge in [-0.1, -0.05) is 26.8 Å². The van der Waals surface area contributed by atoms with Gasteiger partial charge in [-0.05, 0) is 76.9 Å². The second kappa shape index (κ2) is 11.7. The average molecular weight is 492 g/mol. The van der Waals surface area contributed by atoms with Crippen LogP contribution in [0.15, 0.2) is 46.9 Å². The predicted octanol–water partition coefficient (Wildman–Crippen LogP) is 5.35. The fraction of sp³-hybridized carbons (Fsp3) is 0.318. The van der Waals surface area contributed by atoms with Crippen LogP contribution in [0.1, 0.15) is 44.0 Å². The normalized spacial score (nSPS) is 10.4. The van der Waals surface area contributed by atoms with Gasteiger partial charge in [0.05, 0.1) is 11.1 Å². The molecule has 0 saturated heterocycles. The van der Waals surface area contributed by atoms with Gasteiger partial charge in [0.15, 0.2) is 5.11 Å². The Hall–Kier alpha value is -2.45. The first kappa shape index (κ1) is 23.8. The van der Waals surface area contributed by atoms with Crippen LogP contribution in [0.2, 0.25) is 0 Å². The van der Waals surface area contributed by atoms with E-state index in [2.05, 4.69) is 45.7 Å². The van der Waals surface area contributed by atoms with Crippen molar-refractivity contribution in [1.82, 2.24) is 5.32 Å². The number of nitrogens with one attached hydrogen (secondary N) is 3. The van der Waals surface area contributed by atoms with E-state index >= 15 is 0 Å². The van der Waals surface area contributed by atoms with Crippen molar-refractivity contribution in [2.45, 2.75) is 33.6 Å². The third kappa shape index (κ3) is 7.76. The van der Waals surface area contributed by atoms with Crippen LogP contribution >= 0.6 is 28.1 Å². The summed E-state index contributed by atoms with van der Waals surface area (Å²) in [5, 5.41) is 8.54. The summed E-state index contributed by atoms with van der Waals surface area (Å²) >= 11 is 8.69. The molecule has 3 N–H and O–H groups in total. The minimum absolute atomic E-state index is 0.0785. The minimum atomic E-state index is -0.336. The van der Waals surface area contributed by atoms with Crippen molar-refractivity contribution >= 4 is 56.4 Å². The molecule has 2 aromatic carbocycles. The lowest BCUT2D eigenvalue weighted by atomic mass is 10.1. The summed E-state index contributed by atoms with van der Waals surface area (Å²) in [4.78, 5) is 24.0. The summed E-state index contributed by atoms with van der Waals surface area (Å²) in [6.07, 6.45) is 1.35. The van der Waals surface area contributed by atoms with Gasteiger partial charge >= 0.3 is 0 Å². The second-order valence-electron chi connectivity index (χ2n) is 7.07. The first-order chi connectivity index (χ1) is 14.3. The fourth-order valence-corrected chi connectivity index (χ4v) is 3.13. The van der Waals surface area contributed by atoms with Crippen molar-refractivity contribution in [3.8, 4) is 5.75 Å². The van der Waals surface area contributed by atoms with E-state index in [4.69, 9.17) is 17.0 Å². The molecule has 2 aromatic rings. The molecule has 0 bridgehead atoms. The Bertz CT molecular complexity index is 918. The number of carbonyl (C=O) groups is 2. The first-order valence-electron chi connectivity index (χ1n) is 9.73. The number of halogens is 1. The molecule has 0 aromatic heterocycles. The van der Waals surface area contributed by atoms with Crippen LogP contribution in [-0.2, 0) is 4.79 Å². The van der Waals surface area contributed by atoms with Crippen molar-refractivity contribution in [2.24, 2.45) is 5.92 Å². The van der Waals surface area contributed by atoms with E-state index < -0.39 is 0 Å². The number of hydrogen-bond acceptors (Lipinski definition) is 4. The molecule has 0 spiro atoms. The monoisotopic (exact) mass is 491 g/mol. The maximum Gasteiger partial charge on any atom is 0.257 e. The highest BCUT2D eigenvalue weighted by Crippen LogP contribution is 2.26. The van der Waals surface area contributed by atoms with E-state index in [1.165, 1.54) is 0 Å². The standard InChI is InChI=1S/C22H26BrN3O3S/c1-4-20(27)24-16-6-5-7-17(13-16)25-22(30)26-21(28)15-8-9-19(18(23)12-15)29-11-10-14(2)3/h5-9,12-14H,4,10-11H2,1-3H3,(H,24,27)(H2,25,26,28,30). The number of rotatable bonds is 8. The van der Waals surface area contributed by atoms with Crippen molar-refractivity contribution in [1.29, 1.82) is 0 Å². The zero-order chi connectivity index (χ0) is 22.1. The number of benzene rings is 2. The Kier molecular flexibility index (Phi) is 9.26. The molecule has 2 rings (SSSR count). The lowest BCUT2D eigenvalue weighted by molar-refractivity contribution is -0.115. The van der Waals surface area contributed by atoms with Crippen molar-refractivity contribution in [3.63, 3.8) is 0 Å². The lowest BCUT2D eigenvalue weighted by Crippen LogP contribution is -2.34. The summed E-state index contributed by atoms with van der Waals surface area (Å²) in [7, 11) is 0. The summed E-state index contributed by atoms with van der Waals surface area (Å²) in [6, 6.07) is 12.2. The van der Waals surface area contributed by atoms with Crippen LogP contribution in [0, 0.1) is 5.92 Å². The average Bonchev–Trinajstić information content (AvgIpc) is 2.68. The zero-order valence-corrected chi connectivity index (χ0v) is 19.7. The molecule has 8 heteroatoms. The Morgan fingerprint density at radius 3 is 2.43 bits per heavy atom. The van der Waals surface area contributed by atoms with E-state index in [-0.39, 0.29) is 16.9 Å². The number of anilines is 2. The van der Waals surface area contributed by atoms with Gasteiger partial charge in [0.1, 0.15) is 5.75 Å². The third-order valence-electron chi connectivity index (χ3n) is 4.10. The number of hydrogen-bond donors (Lipinski definition) is 3. The van der Waals surface area contributed by atoms with E-state index in [9.17, 15) is 9.59 Å². The van der Waals surface area contributed by atoms with Gasteiger partial charge in [0, 0.05) is 23.4 Å². The molecule has 0 aliphatic rings.